The predicted molar refractivity (Wildman–Crippen MR) is 69.3 cm³/mol. The molecule has 0 amide bonds. The van der Waals surface area contributed by atoms with E-state index in [0.717, 1.165) is 11.1 Å². The van der Waals surface area contributed by atoms with Gasteiger partial charge in [0.25, 0.3) is 0 Å². The Balaban J connectivity index is 2.65. The summed E-state index contributed by atoms with van der Waals surface area (Å²) in [5, 5.41) is 3.23. The van der Waals surface area contributed by atoms with Crippen LogP contribution in [0.2, 0.25) is 0 Å². The fraction of sp³-hybridized carbons (Fsp3) is 0.571. The Labute approximate surface area is 112 Å². The molecule has 1 N–H and O–H groups in total. The first-order valence-corrected chi connectivity index (χ1v) is 6.30. The number of halogens is 3. The van der Waals surface area contributed by atoms with Gasteiger partial charge in [0.1, 0.15) is 5.75 Å². The van der Waals surface area contributed by atoms with E-state index in [1.807, 2.05) is 32.9 Å². The van der Waals surface area contributed by atoms with Crippen LogP contribution in [-0.4, -0.2) is 18.8 Å². The number of hydrogen-bond donors (Lipinski definition) is 1. The van der Waals surface area contributed by atoms with Crippen LogP contribution in [0.25, 0.3) is 0 Å². The molecule has 0 spiro atoms. The van der Waals surface area contributed by atoms with Crippen molar-refractivity contribution in [3.63, 3.8) is 0 Å². The van der Waals surface area contributed by atoms with Gasteiger partial charge in [-0.15, -0.1) is 0 Å². The van der Waals surface area contributed by atoms with Crippen LogP contribution in [0.15, 0.2) is 18.2 Å². The van der Waals surface area contributed by atoms with Crippen LogP contribution in [0.3, 0.4) is 0 Å². The van der Waals surface area contributed by atoms with Crippen molar-refractivity contribution in [2.45, 2.75) is 46.0 Å². The monoisotopic (exact) mass is 275 g/mol. The number of benzene rings is 1. The number of alkyl halides is 3. The molecule has 2 nitrogen and oxygen atoms in total. The Bertz CT molecular complexity index is 402. The first-order valence-electron chi connectivity index (χ1n) is 6.30. The number of hydrogen-bond acceptors (Lipinski definition) is 2. The number of rotatable bonds is 6. The van der Waals surface area contributed by atoms with Gasteiger partial charge in [-0.25, -0.2) is 0 Å². The Morgan fingerprint density at radius 1 is 1.26 bits per heavy atom. The third kappa shape index (κ3) is 6.47. The molecule has 0 saturated carbocycles. The molecular formula is C14H20F3NO. The lowest BCUT2D eigenvalue weighted by Crippen LogP contribution is -2.22. The molecule has 0 heterocycles. The van der Waals surface area contributed by atoms with Crippen LogP contribution in [0, 0.1) is 6.92 Å². The lowest BCUT2D eigenvalue weighted by atomic mass is 10.1. The molecule has 19 heavy (non-hydrogen) atoms. The topological polar surface area (TPSA) is 21.3 Å². The van der Waals surface area contributed by atoms with Gasteiger partial charge in [0, 0.05) is 18.2 Å². The van der Waals surface area contributed by atoms with Crippen molar-refractivity contribution in [1.82, 2.24) is 5.32 Å². The molecular weight excluding hydrogens is 255 g/mol. The molecule has 0 atom stereocenters. The molecule has 0 fully saturated rings. The zero-order valence-electron chi connectivity index (χ0n) is 11.5. The van der Waals surface area contributed by atoms with E-state index in [1.165, 1.54) is 0 Å². The molecule has 0 radical (unpaired) electrons. The third-order valence-electron chi connectivity index (χ3n) is 2.56. The van der Waals surface area contributed by atoms with Crippen molar-refractivity contribution in [3.8, 4) is 5.75 Å². The minimum Gasteiger partial charge on any atom is -0.493 e. The van der Waals surface area contributed by atoms with Crippen molar-refractivity contribution in [3.05, 3.63) is 29.3 Å². The van der Waals surface area contributed by atoms with E-state index in [4.69, 9.17) is 4.74 Å². The lowest BCUT2D eigenvalue weighted by molar-refractivity contribution is -0.139. The van der Waals surface area contributed by atoms with Gasteiger partial charge in [-0.05, 0) is 13.0 Å². The van der Waals surface area contributed by atoms with Gasteiger partial charge in [-0.2, -0.15) is 13.2 Å². The van der Waals surface area contributed by atoms with E-state index in [-0.39, 0.29) is 6.61 Å². The fourth-order valence-corrected chi connectivity index (χ4v) is 1.58. The number of aryl methyl sites for hydroxylation is 1. The van der Waals surface area contributed by atoms with Gasteiger partial charge in [-0.3, -0.25) is 0 Å². The first-order chi connectivity index (χ1) is 8.78. The second kappa shape index (κ2) is 6.80. The Morgan fingerprint density at radius 3 is 2.53 bits per heavy atom. The quantitative estimate of drug-likeness (QED) is 0.852. The maximum Gasteiger partial charge on any atom is 0.392 e. The molecule has 1 aromatic rings. The van der Waals surface area contributed by atoms with Crippen molar-refractivity contribution in [2.24, 2.45) is 0 Å². The van der Waals surface area contributed by atoms with Crippen LogP contribution in [0.4, 0.5) is 13.2 Å². The van der Waals surface area contributed by atoms with Gasteiger partial charge in [0.05, 0.1) is 13.0 Å². The third-order valence-corrected chi connectivity index (χ3v) is 2.56. The van der Waals surface area contributed by atoms with Crippen molar-refractivity contribution < 1.29 is 17.9 Å². The highest BCUT2D eigenvalue weighted by molar-refractivity contribution is 5.36. The largest absolute Gasteiger partial charge is 0.493 e. The van der Waals surface area contributed by atoms with Crippen molar-refractivity contribution in [2.75, 3.05) is 6.61 Å². The average Bonchev–Trinajstić information content (AvgIpc) is 2.27. The van der Waals surface area contributed by atoms with E-state index < -0.39 is 12.6 Å². The highest BCUT2D eigenvalue weighted by atomic mass is 19.4. The molecule has 0 saturated heterocycles. The van der Waals surface area contributed by atoms with E-state index in [1.54, 1.807) is 6.07 Å². The molecule has 108 valence electrons. The highest BCUT2D eigenvalue weighted by Gasteiger charge is 2.26. The second-order valence-corrected chi connectivity index (χ2v) is 4.86. The maximum absolute atomic E-state index is 12.1. The van der Waals surface area contributed by atoms with Crippen LogP contribution in [0.5, 0.6) is 5.75 Å². The summed E-state index contributed by atoms with van der Waals surface area (Å²) in [6.45, 7) is 6.21. The molecule has 1 rings (SSSR count). The summed E-state index contributed by atoms with van der Waals surface area (Å²) in [7, 11) is 0. The Kier molecular flexibility index (Phi) is 5.66. The Hall–Kier alpha value is -1.23. The summed E-state index contributed by atoms with van der Waals surface area (Å²) in [6, 6.07) is 5.80. The SMILES string of the molecule is Cc1ccc(OCCC(F)(F)F)c(CNC(C)C)c1. The fourth-order valence-electron chi connectivity index (χ4n) is 1.58. The van der Waals surface area contributed by atoms with E-state index in [0.29, 0.717) is 18.3 Å². The van der Waals surface area contributed by atoms with Crippen molar-refractivity contribution in [1.29, 1.82) is 0 Å². The number of ether oxygens (including phenoxy) is 1. The normalized spacial score (nSPS) is 11.9. The van der Waals surface area contributed by atoms with Crippen molar-refractivity contribution >= 4 is 0 Å². The summed E-state index contributed by atoms with van der Waals surface area (Å²) >= 11 is 0. The summed E-state index contributed by atoms with van der Waals surface area (Å²) in [6.07, 6.45) is -5.11. The Morgan fingerprint density at radius 2 is 1.95 bits per heavy atom. The zero-order valence-corrected chi connectivity index (χ0v) is 11.5. The van der Waals surface area contributed by atoms with Gasteiger partial charge < -0.3 is 10.1 Å². The lowest BCUT2D eigenvalue weighted by Gasteiger charge is -2.15. The van der Waals surface area contributed by atoms with E-state index in [9.17, 15) is 13.2 Å². The maximum atomic E-state index is 12.1. The predicted octanol–water partition coefficient (Wildman–Crippen LogP) is 3.82. The van der Waals surface area contributed by atoms with E-state index >= 15 is 0 Å². The molecule has 0 aromatic heterocycles. The van der Waals surface area contributed by atoms with E-state index in [2.05, 4.69) is 5.32 Å². The smallest absolute Gasteiger partial charge is 0.392 e. The highest BCUT2D eigenvalue weighted by Crippen LogP contribution is 2.23. The summed E-state index contributed by atoms with van der Waals surface area (Å²) in [4.78, 5) is 0. The first kappa shape index (κ1) is 15.8. The second-order valence-electron chi connectivity index (χ2n) is 4.86. The van der Waals surface area contributed by atoms with Gasteiger partial charge in [0.15, 0.2) is 0 Å². The molecule has 1 aromatic carbocycles. The standard InChI is InChI=1S/C14H20F3NO/c1-10(2)18-9-12-8-11(3)4-5-13(12)19-7-6-14(15,16)17/h4-5,8,10,18H,6-7,9H2,1-3H3. The molecule has 0 unspecified atom stereocenters. The zero-order chi connectivity index (χ0) is 14.5. The number of nitrogens with one attached hydrogen (secondary N) is 1. The molecule has 0 aliphatic rings. The minimum absolute atomic E-state index is 0.309. The average molecular weight is 275 g/mol. The molecule has 5 heteroatoms. The molecule has 0 aliphatic heterocycles. The summed E-state index contributed by atoms with van der Waals surface area (Å²) in [5.74, 6) is 0.517. The minimum atomic E-state index is -4.18. The van der Waals surface area contributed by atoms with Gasteiger partial charge >= 0.3 is 6.18 Å². The summed E-state index contributed by atoms with van der Waals surface area (Å²) in [5.41, 5.74) is 1.94. The van der Waals surface area contributed by atoms with Gasteiger partial charge in [0.2, 0.25) is 0 Å². The summed E-state index contributed by atoms with van der Waals surface area (Å²) < 4.78 is 41.5. The van der Waals surface area contributed by atoms with Crippen LogP contribution in [0.1, 0.15) is 31.4 Å². The molecule has 0 bridgehead atoms. The van der Waals surface area contributed by atoms with Crippen LogP contribution >= 0.6 is 0 Å². The van der Waals surface area contributed by atoms with Gasteiger partial charge in [-0.1, -0.05) is 31.5 Å². The van der Waals surface area contributed by atoms with Crippen LogP contribution in [-0.2, 0) is 6.54 Å². The van der Waals surface area contributed by atoms with Crippen LogP contribution < -0.4 is 10.1 Å². The molecule has 0 aliphatic carbocycles.